The summed E-state index contributed by atoms with van der Waals surface area (Å²) in [6.45, 7) is 4.21. The van der Waals surface area contributed by atoms with Gasteiger partial charge in [0.15, 0.2) is 0 Å². The molecule has 1 saturated heterocycles. The van der Waals surface area contributed by atoms with Crippen molar-refractivity contribution in [3.63, 3.8) is 0 Å². The third kappa shape index (κ3) is 4.51. The van der Waals surface area contributed by atoms with E-state index in [9.17, 15) is 9.59 Å². The molecule has 1 aromatic carbocycles. The van der Waals surface area contributed by atoms with Crippen LogP contribution in [0.15, 0.2) is 18.2 Å². The number of benzene rings is 1. The van der Waals surface area contributed by atoms with Gasteiger partial charge in [-0.15, -0.1) is 0 Å². The van der Waals surface area contributed by atoms with E-state index in [2.05, 4.69) is 6.07 Å². The molecular weight excluding hydrogens is 428 g/mol. The maximum absolute atomic E-state index is 13.1. The van der Waals surface area contributed by atoms with Gasteiger partial charge in [0.25, 0.3) is 5.91 Å². The van der Waals surface area contributed by atoms with Crippen molar-refractivity contribution >= 4 is 34.5 Å². The summed E-state index contributed by atoms with van der Waals surface area (Å²) >= 11 is 6.70. The number of ether oxygens (including phenoxy) is 1. The van der Waals surface area contributed by atoms with Crippen molar-refractivity contribution in [3.8, 4) is 6.07 Å². The van der Waals surface area contributed by atoms with Gasteiger partial charge < -0.3 is 14.5 Å². The quantitative estimate of drug-likeness (QED) is 0.690. The third-order valence-electron chi connectivity index (χ3n) is 6.27. The molecule has 7 nitrogen and oxygen atoms in total. The first-order valence-corrected chi connectivity index (χ1v) is 11.6. The summed E-state index contributed by atoms with van der Waals surface area (Å²) in [4.78, 5) is 33.4. The van der Waals surface area contributed by atoms with E-state index in [1.807, 2.05) is 13.0 Å². The van der Waals surface area contributed by atoms with Crippen LogP contribution in [-0.2, 0) is 17.6 Å². The fraction of sp³-hybridized carbons (Fsp3) is 0.500. The number of hydrogen-bond acceptors (Lipinski definition) is 5. The van der Waals surface area contributed by atoms with E-state index >= 15 is 0 Å². The Balaban J connectivity index is 1.50. The minimum atomic E-state index is -0.317. The lowest BCUT2D eigenvalue weighted by Crippen LogP contribution is -2.50. The number of carbonyl (C=O) groups excluding carboxylic acids is 2. The molecule has 0 spiro atoms. The second-order valence-corrected chi connectivity index (χ2v) is 8.83. The standard InChI is InChI=1S/C24H27ClN4O3/c1-2-13-32-24(31)29-11-9-28(10-12-29)23(30)17-4-6-19-21(15-17)27-20-14-16(7-8-26)3-5-18(20)22(19)25/h4,6,15-16H,2-3,5,7,9-14H2,1H3. The Kier molecular flexibility index (Phi) is 6.80. The lowest BCUT2D eigenvalue weighted by atomic mass is 9.84. The maximum Gasteiger partial charge on any atom is 0.409 e. The van der Waals surface area contributed by atoms with E-state index < -0.39 is 0 Å². The zero-order chi connectivity index (χ0) is 22.7. The average Bonchev–Trinajstić information content (AvgIpc) is 2.82. The van der Waals surface area contributed by atoms with Crippen LogP contribution >= 0.6 is 11.6 Å². The molecule has 8 heteroatoms. The highest BCUT2D eigenvalue weighted by Crippen LogP contribution is 2.35. The van der Waals surface area contributed by atoms with Crippen LogP contribution in [0.2, 0.25) is 5.02 Å². The van der Waals surface area contributed by atoms with Gasteiger partial charge in [0.2, 0.25) is 0 Å². The van der Waals surface area contributed by atoms with Crippen molar-refractivity contribution in [3.05, 3.63) is 40.0 Å². The van der Waals surface area contributed by atoms with Gasteiger partial charge in [-0.1, -0.05) is 24.6 Å². The molecule has 2 heterocycles. The van der Waals surface area contributed by atoms with E-state index in [1.165, 1.54) is 0 Å². The predicted molar refractivity (Wildman–Crippen MR) is 122 cm³/mol. The molecule has 2 amide bonds. The summed E-state index contributed by atoms with van der Waals surface area (Å²) in [5.74, 6) is 0.227. The Hall–Kier alpha value is -2.85. The Morgan fingerprint density at radius 3 is 2.72 bits per heavy atom. The molecule has 168 valence electrons. The summed E-state index contributed by atoms with van der Waals surface area (Å²) in [6, 6.07) is 7.73. The number of fused-ring (bicyclic) bond motifs is 2. The van der Waals surface area contributed by atoms with Crippen LogP contribution in [0.4, 0.5) is 4.79 Å². The van der Waals surface area contributed by atoms with Crippen molar-refractivity contribution in [2.75, 3.05) is 32.8 Å². The molecule has 0 saturated carbocycles. The number of hydrogen-bond donors (Lipinski definition) is 0. The molecule has 1 fully saturated rings. The summed E-state index contributed by atoms with van der Waals surface area (Å²) in [6.07, 6.45) is 3.51. The van der Waals surface area contributed by atoms with Crippen molar-refractivity contribution < 1.29 is 14.3 Å². The topological polar surface area (TPSA) is 86.5 Å². The number of rotatable bonds is 4. The van der Waals surface area contributed by atoms with Crippen LogP contribution in [0.25, 0.3) is 10.9 Å². The maximum atomic E-state index is 13.1. The van der Waals surface area contributed by atoms with Gasteiger partial charge in [-0.2, -0.15) is 5.26 Å². The van der Waals surface area contributed by atoms with E-state index in [0.717, 1.165) is 42.3 Å². The van der Waals surface area contributed by atoms with Gasteiger partial charge in [-0.3, -0.25) is 9.78 Å². The predicted octanol–water partition coefficient (Wildman–Crippen LogP) is 4.21. The van der Waals surface area contributed by atoms with Crippen LogP contribution in [-0.4, -0.2) is 59.6 Å². The number of amides is 2. The summed E-state index contributed by atoms with van der Waals surface area (Å²) < 4.78 is 5.18. The number of aromatic nitrogens is 1. The largest absolute Gasteiger partial charge is 0.449 e. The van der Waals surface area contributed by atoms with Crippen LogP contribution in [0.1, 0.15) is 47.8 Å². The monoisotopic (exact) mass is 454 g/mol. The normalized spacial score (nSPS) is 18.2. The first-order valence-electron chi connectivity index (χ1n) is 11.2. The van der Waals surface area contributed by atoms with Crippen molar-refractivity contribution in [2.45, 2.75) is 39.0 Å². The molecule has 4 rings (SSSR count). The number of piperazine rings is 1. The van der Waals surface area contributed by atoms with Crippen molar-refractivity contribution in [1.82, 2.24) is 14.8 Å². The van der Waals surface area contributed by atoms with Crippen LogP contribution in [0.3, 0.4) is 0 Å². The number of pyridine rings is 1. The first-order chi connectivity index (χ1) is 15.5. The first kappa shape index (κ1) is 22.3. The van der Waals surface area contributed by atoms with E-state index in [0.29, 0.717) is 61.2 Å². The lowest BCUT2D eigenvalue weighted by Gasteiger charge is -2.34. The highest BCUT2D eigenvalue weighted by atomic mass is 35.5. The number of carbonyl (C=O) groups is 2. The zero-order valence-corrected chi connectivity index (χ0v) is 19.0. The number of nitrogens with zero attached hydrogens (tertiary/aromatic N) is 4. The second-order valence-electron chi connectivity index (χ2n) is 8.45. The highest BCUT2D eigenvalue weighted by Gasteiger charge is 2.27. The zero-order valence-electron chi connectivity index (χ0n) is 18.3. The molecule has 1 aliphatic carbocycles. The average molecular weight is 455 g/mol. The molecular formula is C24H27ClN4O3. The van der Waals surface area contributed by atoms with Crippen LogP contribution < -0.4 is 0 Å². The molecule has 1 unspecified atom stereocenters. The summed E-state index contributed by atoms with van der Waals surface area (Å²) in [7, 11) is 0. The molecule has 32 heavy (non-hydrogen) atoms. The molecule has 0 radical (unpaired) electrons. The molecule has 2 aromatic rings. The van der Waals surface area contributed by atoms with Crippen molar-refractivity contribution in [1.29, 1.82) is 5.26 Å². The second kappa shape index (κ2) is 9.74. The van der Waals surface area contributed by atoms with Crippen LogP contribution in [0, 0.1) is 17.2 Å². The van der Waals surface area contributed by atoms with E-state index in [4.69, 9.17) is 26.6 Å². The molecule has 1 aliphatic heterocycles. The Morgan fingerprint density at radius 1 is 1.25 bits per heavy atom. The van der Waals surface area contributed by atoms with Gasteiger partial charge in [0.1, 0.15) is 0 Å². The molecule has 0 bridgehead atoms. The van der Waals surface area contributed by atoms with E-state index in [-0.39, 0.29) is 12.0 Å². The molecule has 0 N–H and O–H groups in total. The van der Waals surface area contributed by atoms with Gasteiger partial charge in [0, 0.05) is 49.2 Å². The molecule has 2 aliphatic rings. The SMILES string of the molecule is CCCOC(=O)N1CCN(C(=O)c2ccc3c(Cl)c4c(nc3c2)CC(CC#N)CC4)CC1. The fourth-order valence-corrected chi connectivity index (χ4v) is 4.81. The lowest BCUT2D eigenvalue weighted by molar-refractivity contribution is 0.0560. The summed E-state index contributed by atoms with van der Waals surface area (Å²) in [5, 5.41) is 10.6. The number of nitriles is 1. The minimum Gasteiger partial charge on any atom is -0.449 e. The van der Waals surface area contributed by atoms with Gasteiger partial charge >= 0.3 is 6.09 Å². The fourth-order valence-electron chi connectivity index (χ4n) is 4.45. The van der Waals surface area contributed by atoms with E-state index in [1.54, 1.807) is 21.9 Å². The van der Waals surface area contributed by atoms with Gasteiger partial charge in [-0.05, 0) is 49.3 Å². The highest BCUT2D eigenvalue weighted by molar-refractivity contribution is 6.36. The van der Waals surface area contributed by atoms with Crippen molar-refractivity contribution in [2.24, 2.45) is 5.92 Å². The Bertz CT molecular complexity index is 1070. The van der Waals surface area contributed by atoms with Crippen LogP contribution in [0.5, 0.6) is 0 Å². The molecule has 1 atom stereocenters. The Morgan fingerprint density at radius 2 is 2.00 bits per heavy atom. The minimum absolute atomic E-state index is 0.0773. The third-order valence-corrected chi connectivity index (χ3v) is 6.70. The number of halogens is 1. The van der Waals surface area contributed by atoms with Gasteiger partial charge in [-0.25, -0.2) is 4.79 Å². The summed E-state index contributed by atoms with van der Waals surface area (Å²) in [5.41, 5.74) is 3.28. The Labute approximate surface area is 192 Å². The molecule has 1 aromatic heterocycles. The smallest absolute Gasteiger partial charge is 0.409 e. The van der Waals surface area contributed by atoms with Gasteiger partial charge in [0.05, 0.1) is 23.2 Å².